The van der Waals surface area contributed by atoms with Crippen LogP contribution in [0.25, 0.3) is 0 Å². The van der Waals surface area contributed by atoms with Crippen molar-refractivity contribution in [3.05, 3.63) is 0 Å². The quantitative estimate of drug-likeness (QED) is 0.778. The summed E-state index contributed by atoms with van der Waals surface area (Å²) in [6, 6.07) is 0. The molecule has 1 heterocycles. The van der Waals surface area contributed by atoms with E-state index >= 15 is 0 Å². The molecular formula is C12H26N2S. The SMILES string of the molecule is CCNCC(C)(C)CN1CCCSCC1. The Bertz CT molecular complexity index is 163. The minimum absolute atomic E-state index is 0.408. The molecule has 0 unspecified atom stereocenters. The van der Waals surface area contributed by atoms with Gasteiger partial charge in [0, 0.05) is 25.4 Å². The van der Waals surface area contributed by atoms with E-state index in [4.69, 9.17) is 0 Å². The maximum absolute atomic E-state index is 3.46. The van der Waals surface area contributed by atoms with Crippen molar-refractivity contribution in [3.8, 4) is 0 Å². The van der Waals surface area contributed by atoms with Crippen LogP contribution in [-0.2, 0) is 0 Å². The number of thioether (sulfide) groups is 1. The second-order valence-corrected chi connectivity index (χ2v) is 6.41. The molecule has 0 aliphatic carbocycles. The van der Waals surface area contributed by atoms with E-state index in [1.807, 2.05) is 0 Å². The van der Waals surface area contributed by atoms with E-state index < -0.39 is 0 Å². The summed E-state index contributed by atoms with van der Waals surface area (Å²) in [5, 5.41) is 3.46. The molecule has 0 aromatic carbocycles. The van der Waals surface area contributed by atoms with E-state index in [2.05, 4.69) is 42.7 Å². The number of rotatable bonds is 5. The molecule has 1 N–H and O–H groups in total. The zero-order chi connectivity index (χ0) is 11.1. The molecule has 0 bridgehead atoms. The Morgan fingerprint density at radius 3 is 2.80 bits per heavy atom. The predicted octanol–water partition coefficient (Wildman–Crippen LogP) is 2.06. The lowest BCUT2D eigenvalue weighted by atomic mass is 9.92. The third-order valence-electron chi connectivity index (χ3n) is 2.82. The summed E-state index contributed by atoms with van der Waals surface area (Å²) in [6.45, 7) is 12.9. The van der Waals surface area contributed by atoms with Crippen LogP contribution in [-0.4, -0.2) is 49.1 Å². The van der Waals surface area contributed by atoms with Crippen LogP contribution in [0.3, 0.4) is 0 Å². The van der Waals surface area contributed by atoms with Crippen molar-refractivity contribution in [2.45, 2.75) is 27.2 Å². The molecule has 0 radical (unpaired) electrons. The molecule has 0 saturated carbocycles. The Hall–Kier alpha value is 0.270. The molecule has 3 heteroatoms. The predicted molar refractivity (Wildman–Crippen MR) is 70.7 cm³/mol. The largest absolute Gasteiger partial charge is 0.316 e. The second-order valence-electron chi connectivity index (χ2n) is 5.19. The van der Waals surface area contributed by atoms with E-state index in [0.29, 0.717) is 5.41 Å². The summed E-state index contributed by atoms with van der Waals surface area (Å²) in [7, 11) is 0. The molecule has 2 nitrogen and oxygen atoms in total. The van der Waals surface area contributed by atoms with Crippen LogP contribution in [0.15, 0.2) is 0 Å². The van der Waals surface area contributed by atoms with Gasteiger partial charge in [0.25, 0.3) is 0 Å². The number of hydrogen-bond acceptors (Lipinski definition) is 3. The molecular weight excluding hydrogens is 204 g/mol. The van der Waals surface area contributed by atoms with Gasteiger partial charge in [-0.1, -0.05) is 20.8 Å². The Morgan fingerprint density at radius 1 is 1.27 bits per heavy atom. The van der Waals surface area contributed by atoms with Crippen LogP contribution in [0.2, 0.25) is 0 Å². The summed E-state index contributed by atoms with van der Waals surface area (Å²) < 4.78 is 0. The van der Waals surface area contributed by atoms with E-state index in [-0.39, 0.29) is 0 Å². The molecule has 1 aliphatic heterocycles. The smallest absolute Gasteiger partial charge is 0.00726 e. The van der Waals surface area contributed by atoms with Gasteiger partial charge in [0.15, 0.2) is 0 Å². The zero-order valence-electron chi connectivity index (χ0n) is 10.5. The summed E-state index contributed by atoms with van der Waals surface area (Å²) in [5.74, 6) is 2.67. The van der Waals surface area contributed by atoms with Crippen LogP contribution in [0, 0.1) is 5.41 Å². The molecule has 1 aliphatic rings. The summed E-state index contributed by atoms with van der Waals surface area (Å²) in [6.07, 6.45) is 1.36. The summed E-state index contributed by atoms with van der Waals surface area (Å²) in [4.78, 5) is 2.64. The fourth-order valence-electron chi connectivity index (χ4n) is 2.08. The van der Waals surface area contributed by atoms with Crippen molar-refractivity contribution < 1.29 is 0 Å². The first-order chi connectivity index (χ1) is 7.14. The monoisotopic (exact) mass is 230 g/mol. The van der Waals surface area contributed by atoms with Gasteiger partial charge in [0.2, 0.25) is 0 Å². The molecule has 90 valence electrons. The Morgan fingerprint density at radius 2 is 2.07 bits per heavy atom. The Labute approximate surface area is 99.2 Å². The normalized spacial score (nSPS) is 20.2. The lowest BCUT2D eigenvalue weighted by Crippen LogP contribution is -2.41. The molecule has 1 saturated heterocycles. The highest BCUT2D eigenvalue weighted by molar-refractivity contribution is 7.99. The van der Waals surface area contributed by atoms with Crippen LogP contribution in [0.5, 0.6) is 0 Å². The van der Waals surface area contributed by atoms with Crippen molar-refractivity contribution in [3.63, 3.8) is 0 Å². The lowest BCUT2D eigenvalue weighted by molar-refractivity contribution is 0.185. The molecule has 0 amide bonds. The third-order valence-corrected chi connectivity index (χ3v) is 3.87. The summed E-state index contributed by atoms with van der Waals surface area (Å²) >= 11 is 2.11. The molecule has 0 aromatic heterocycles. The van der Waals surface area contributed by atoms with Crippen LogP contribution < -0.4 is 5.32 Å². The molecule has 0 atom stereocenters. The van der Waals surface area contributed by atoms with Gasteiger partial charge in [-0.2, -0.15) is 11.8 Å². The van der Waals surface area contributed by atoms with Crippen molar-refractivity contribution >= 4 is 11.8 Å². The molecule has 1 fully saturated rings. The minimum Gasteiger partial charge on any atom is -0.316 e. The highest BCUT2D eigenvalue weighted by Crippen LogP contribution is 2.18. The van der Waals surface area contributed by atoms with E-state index in [0.717, 1.165) is 13.1 Å². The Balaban J connectivity index is 2.30. The molecule has 1 rings (SSSR count). The van der Waals surface area contributed by atoms with Gasteiger partial charge in [-0.25, -0.2) is 0 Å². The van der Waals surface area contributed by atoms with E-state index in [1.165, 1.54) is 37.6 Å². The van der Waals surface area contributed by atoms with Crippen LogP contribution in [0.1, 0.15) is 27.2 Å². The second kappa shape index (κ2) is 6.77. The van der Waals surface area contributed by atoms with Crippen molar-refractivity contribution in [2.24, 2.45) is 5.41 Å². The number of nitrogens with zero attached hydrogens (tertiary/aromatic N) is 1. The van der Waals surface area contributed by atoms with Crippen LogP contribution >= 0.6 is 11.8 Å². The maximum atomic E-state index is 3.46. The fourth-order valence-corrected chi connectivity index (χ4v) is 3.01. The van der Waals surface area contributed by atoms with Crippen molar-refractivity contribution in [1.82, 2.24) is 10.2 Å². The van der Waals surface area contributed by atoms with Gasteiger partial charge in [-0.05, 0) is 30.7 Å². The Kier molecular flexibility index (Phi) is 6.02. The van der Waals surface area contributed by atoms with E-state index in [1.54, 1.807) is 0 Å². The van der Waals surface area contributed by atoms with Gasteiger partial charge < -0.3 is 10.2 Å². The topological polar surface area (TPSA) is 15.3 Å². The third kappa shape index (κ3) is 5.79. The first kappa shape index (κ1) is 13.3. The van der Waals surface area contributed by atoms with Gasteiger partial charge in [0.1, 0.15) is 0 Å². The average Bonchev–Trinajstić information content (AvgIpc) is 2.43. The highest BCUT2D eigenvalue weighted by atomic mass is 32.2. The van der Waals surface area contributed by atoms with Gasteiger partial charge in [-0.3, -0.25) is 0 Å². The maximum Gasteiger partial charge on any atom is 0.00726 e. The number of hydrogen-bond donors (Lipinski definition) is 1. The summed E-state index contributed by atoms with van der Waals surface area (Å²) in [5.41, 5.74) is 0.408. The molecule has 0 aromatic rings. The molecule has 15 heavy (non-hydrogen) atoms. The molecule has 0 spiro atoms. The van der Waals surface area contributed by atoms with Gasteiger partial charge in [0.05, 0.1) is 0 Å². The highest BCUT2D eigenvalue weighted by Gasteiger charge is 2.21. The zero-order valence-corrected chi connectivity index (χ0v) is 11.3. The fraction of sp³-hybridized carbons (Fsp3) is 1.00. The first-order valence-corrected chi connectivity index (χ1v) is 7.30. The van der Waals surface area contributed by atoms with Gasteiger partial charge >= 0.3 is 0 Å². The van der Waals surface area contributed by atoms with E-state index in [9.17, 15) is 0 Å². The first-order valence-electron chi connectivity index (χ1n) is 6.15. The average molecular weight is 230 g/mol. The van der Waals surface area contributed by atoms with Crippen molar-refractivity contribution in [1.29, 1.82) is 0 Å². The van der Waals surface area contributed by atoms with Crippen molar-refractivity contribution in [2.75, 3.05) is 44.2 Å². The number of nitrogens with one attached hydrogen (secondary N) is 1. The lowest BCUT2D eigenvalue weighted by Gasteiger charge is -2.32. The minimum atomic E-state index is 0.408. The van der Waals surface area contributed by atoms with Crippen LogP contribution in [0.4, 0.5) is 0 Å². The van der Waals surface area contributed by atoms with Gasteiger partial charge in [-0.15, -0.1) is 0 Å². The standard InChI is InChI=1S/C12H26N2S/c1-4-13-10-12(2,3)11-14-6-5-8-15-9-7-14/h13H,4-11H2,1-3H3.